The quantitative estimate of drug-likeness (QED) is 0.564. The van der Waals surface area contributed by atoms with Crippen molar-refractivity contribution in [3.05, 3.63) is 53.6 Å². The third kappa shape index (κ3) is 5.39. The first-order valence-electron chi connectivity index (χ1n) is 10.3. The molecular formula is C23H30N6O2. The molecular weight excluding hydrogens is 392 g/mol. The van der Waals surface area contributed by atoms with Gasteiger partial charge in [-0.1, -0.05) is 32.9 Å². The maximum atomic E-state index is 13.0. The Balaban J connectivity index is 1.75. The summed E-state index contributed by atoms with van der Waals surface area (Å²) in [6.45, 7) is 10.0. The molecule has 2 aromatic heterocycles. The van der Waals surface area contributed by atoms with Crippen LogP contribution in [0, 0.1) is 19.3 Å². The Morgan fingerprint density at radius 1 is 1.13 bits per heavy atom. The topological polar surface area (TPSA) is 105 Å². The van der Waals surface area contributed by atoms with E-state index in [-0.39, 0.29) is 17.2 Å². The van der Waals surface area contributed by atoms with E-state index in [0.29, 0.717) is 17.8 Å². The first-order valence-corrected chi connectivity index (χ1v) is 10.3. The number of H-pyrrole nitrogens is 1. The lowest BCUT2D eigenvalue weighted by Crippen LogP contribution is -2.46. The molecule has 1 atom stereocenters. The highest BCUT2D eigenvalue weighted by Gasteiger charge is 2.27. The van der Waals surface area contributed by atoms with E-state index in [4.69, 9.17) is 0 Å². The van der Waals surface area contributed by atoms with Gasteiger partial charge in [0.1, 0.15) is 11.7 Å². The fourth-order valence-electron chi connectivity index (χ4n) is 3.58. The first-order chi connectivity index (χ1) is 14.5. The van der Waals surface area contributed by atoms with Crippen LogP contribution in [0.1, 0.15) is 49.1 Å². The van der Waals surface area contributed by atoms with Crippen molar-refractivity contribution in [2.75, 3.05) is 5.32 Å². The van der Waals surface area contributed by atoms with E-state index in [9.17, 15) is 9.59 Å². The van der Waals surface area contributed by atoms with E-state index in [1.807, 2.05) is 58.9 Å². The maximum absolute atomic E-state index is 13.0. The summed E-state index contributed by atoms with van der Waals surface area (Å²) in [5.41, 5.74) is 4.93. The Kier molecular flexibility index (Phi) is 6.29. The average molecular weight is 423 g/mol. The predicted molar refractivity (Wildman–Crippen MR) is 121 cm³/mol. The van der Waals surface area contributed by atoms with Gasteiger partial charge >= 0.3 is 0 Å². The molecule has 31 heavy (non-hydrogen) atoms. The zero-order valence-corrected chi connectivity index (χ0v) is 18.9. The lowest BCUT2D eigenvalue weighted by Gasteiger charge is -2.26. The summed E-state index contributed by atoms with van der Waals surface area (Å²) in [6.07, 6.45) is 2.05. The molecule has 8 heteroatoms. The minimum Gasteiger partial charge on any atom is -0.339 e. The smallest absolute Gasteiger partial charge is 0.270 e. The zero-order chi connectivity index (χ0) is 22.8. The fraction of sp³-hybridized carbons (Fsp3) is 0.391. The molecule has 2 amide bonds. The van der Waals surface area contributed by atoms with Crippen LogP contribution in [-0.2, 0) is 11.8 Å². The van der Waals surface area contributed by atoms with Crippen molar-refractivity contribution in [2.45, 2.75) is 47.1 Å². The third-order valence-electron chi connectivity index (χ3n) is 5.06. The van der Waals surface area contributed by atoms with Crippen LogP contribution >= 0.6 is 0 Å². The molecule has 0 bridgehead atoms. The van der Waals surface area contributed by atoms with Gasteiger partial charge < -0.3 is 10.6 Å². The van der Waals surface area contributed by atoms with E-state index >= 15 is 0 Å². The lowest BCUT2D eigenvalue weighted by molar-refractivity contribution is -0.118. The van der Waals surface area contributed by atoms with Crippen molar-refractivity contribution in [1.29, 1.82) is 0 Å². The predicted octanol–water partition coefficient (Wildman–Crippen LogP) is 3.60. The summed E-state index contributed by atoms with van der Waals surface area (Å²) in [5, 5.41) is 17.0. The van der Waals surface area contributed by atoms with Gasteiger partial charge in [0.15, 0.2) is 0 Å². The number of amides is 2. The van der Waals surface area contributed by atoms with Gasteiger partial charge in [-0.3, -0.25) is 19.4 Å². The molecule has 8 nitrogen and oxygen atoms in total. The highest BCUT2D eigenvalue weighted by atomic mass is 16.2. The second-order valence-electron chi connectivity index (χ2n) is 9.01. The Hall–Kier alpha value is -3.42. The zero-order valence-electron chi connectivity index (χ0n) is 18.9. The molecule has 164 valence electrons. The molecule has 0 aliphatic carbocycles. The number of anilines is 1. The molecule has 3 aromatic rings. The van der Waals surface area contributed by atoms with Crippen molar-refractivity contribution in [3.63, 3.8) is 0 Å². The number of nitrogens with zero attached hydrogens (tertiary/aromatic N) is 3. The monoisotopic (exact) mass is 422 g/mol. The number of hydrogen-bond acceptors (Lipinski definition) is 4. The molecule has 0 aliphatic rings. The van der Waals surface area contributed by atoms with Gasteiger partial charge in [-0.05, 0) is 49.4 Å². The fourth-order valence-corrected chi connectivity index (χ4v) is 3.58. The standard InChI is InChI=1S/C23H30N6O2/c1-14-20(15(2)28-27-14)16-7-9-17(10-8-16)25-21(30)18(13-23(3,4)5)26-22(31)19-11-12-24-29(19)6/h7-12,18H,13H2,1-6H3,(H,25,30)(H,26,31)(H,27,28)/t18-/m0/s1. The second-order valence-corrected chi connectivity index (χ2v) is 9.01. The van der Waals surface area contributed by atoms with Crippen LogP contribution in [-0.4, -0.2) is 37.8 Å². The summed E-state index contributed by atoms with van der Waals surface area (Å²) in [7, 11) is 1.69. The Morgan fingerprint density at radius 2 is 1.81 bits per heavy atom. The Labute approximate surface area is 182 Å². The summed E-state index contributed by atoms with van der Waals surface area (Å²) < 4.78 is 1.49. The molecule has 0 unspecified atom stereocenters. The van der Waals surface area contributed by atoms with E-state index in [1.165, 1.54) is 4.68 Å². The van der Waals surface area contributed by atoms with E-state index in [1.54, 1.807) is 19.3 Å². The summed E-state index contributed by atoms with van der Waals surface area (Å²) in [5.74, 6) is -0.584. The minimum absolute atomic E-state index is 0.151. The SMILES string of the molecule is Cc1n[nH]c(C)c1-c1ccc(NC(=O)[C@H](CC(C)(C)C)NC(=O)c2ccnn2C)cc1. The van der Waals surface area contributed by atoms with Crippen LogP contribution in [0.5, 0.6) is 0 Å². The van der Waals surface area contributed by atoms with Crippen molar-refractivity contribution >= 4 is 17.5 Å². The van der Waals surface area contributed by atoms with Crippen LogP contribution in [0.25, 0.3) is 11.1 Å². The van der Waals surface area contributed by atoms with Gasteiger partial charge in [0.2, 0.25) is 5.91 Å². The molecule has 0 saturated carbocycles. The van der Waals surface area contributed by atoms with Crippen molar-refractivity contribution in [2.24, 2.45) is 12.5 Å². The second kappa shape index (κ2) is 8.75. The van der Waals surface area contributed by atoms with Gasteiger partial charge in [0, 0.05) is 30.2 Å². The number of aryl methyl sites for hydroxylation is 3. The molecule has 0 spiro atoms. The number of carbonyl (C=O) groups excluding carboxylic acids is 2. The van der Waals surface area contributed by atoms with E-state index in [2.05, 4.69) is 25.9 Å². The normalized spacial score (nSPS) is 12.5. The summed E-state index contributed by atoms with van der Waals surface area (Å²) in [4.78, 5) is 25.7. The Morgan fingerprint density at radius 3 is 2.32 bits per heavy atom. The Bertz CT molecular complexity index is 1050. The van der Waals surface area contributed by atoms with Crippen molar-refractivity contribution in [3.8, 4) is 11.1 Å². The van der Waals surface area contributed by atoms with E-state index in [0.717, 1.165) is 22.5 Å². The highest BCUT2D eigenvalue weighted by Crippen LogP contribution is 2.27. The van der Waals surface area contributed by atoms with Gasteiger partial charge in [-0.25, -0.2) is 0 Å². The van der Waals surface area contributed by atoms with Crippen LogP contribution in [0.2, 0.25) is 0 Å². The molecule has 3 N–H and O–H groups in total. The highest BCUT2D eigenvalue weighted by molar-refractivity contribution is 6.00. The minimum atomic E-state index is -0.680. The largest absolute Gasteiger partial charge is 0.339 e. The number of rotatable bonds is 6. The third-order valence-corrected chi connectivity index (χ3v) is 5.06. The molecule has 0 saturated heterocycles. The number of aromatic amines is 1. The van der Waals surface area contributed by atoms with Gasteiger partial charge in [-0.15, -0.1) is 0 Å². The molecule has 0 radical (unpaired) electrons. The number of carbonyl (C=O) groups is 2. The van der Waals surface area contributed by atoms with Gasteiger partial charge in [-0.2, -0.15) is 10.2 Å². The maximum Gasteiger partial charge on any atom is 0.270 e. The number of benzene rings is 1. The van der Waals surface area contributed by atoms with Crippen LogP contribution in [0.3, 0.4) is 0 Å². The van der Waals surface area contributed by atoms with E-state index < -0.39 is 6.04 Å². The van der Waals surface area contributed by atoms with Crippen molar-refractivity contribution in [1.82, 2.24) is 25.3 Å². The van der Waals surface area contributed by atoms with Gasteiger partial charge in [0.05, 0.1) is 5.69 Å². The van der Waals surface area contributed by atoms with Crippen LogP contribution in [0.15, 0.2) is 36.5 Å². The molecule has 0 fully saturated rings. The molecule has 2 heterocycles. The van der Waals surface area contributed by atoms with Gasteiger partial charge in [0.25, 0.3) is 5.91 Å². The number of aromatic nitrogens is 4. The summed E-state index contributed by atoms with van der Waals surface area (Å²) >= 11 is 0. The first kappa shape index (κ1) is 22.3. The average Bonchev–Trinajstić information content (AvgIpc) is 3.26. The summed E-state index contributed by atoms with van der Waals surface area (Å²) in [6, 6.07) is 8.56. The van der Waals surface area contributed by atoms with Crippen molar-refractivity contribution < 1.29 is 9.59 Å². The van der Waals surface area contributed by atoms with Crippen LogP contribution < -0.4 is 10.6 Å². The molecule has 0 aliphatic heterocycles. The number of hydrogen-bond donors (Lipinski definition) is 3. The lowest BCUT2D eigenvalue weighted by atomic mass is 9.87. The number of nitrogens with one attached hydrogen (secondary N) is 3. The molecule has 1 aromatic carbocycles. The van der Waals surface area contributed by atoms with Crippen LogP contribution in [0.4, 0.5) is 5.69 Å². The molecule has 3 rings (SSSR count).